The number of aromatic amines is 1. The third-order valence-corrected chi connectivity index (χ3v) is 2.01. The van der Waals surface area contributed by atoms with Crippen molar-refractivity contribution in [2.75, 3.05) is 6.61 Å². The largest absolute Gasteiger partial charge is 0.491 e. The van der Waals surface area contributed by atoms with Gasteiger partial charge in [-0.3, -0.25) is 0 Å². The molecule has 0 aliphatic heterocycles. The maximum absolute atomic E-state index is 5.60. The molecule has 2 aromatic rings. The molecule has 0 aliphatic carbocycles. The predicted molar refractivity (Wildman–Crippen MR) is 54.1 cm³/mol. The van der Waals surface area contributed by atoms with Crippen LogP contribution in [0.2, 0.25) is 0 Å². The Kier molecular flexibility index (Phi) is 2.21. The first kappa shape index (κ1) is 8.17. The van der Waals surface area contributed by atoms with Crippen molar-refractivity contribution in [3.8, 4) is 5.75 Å². The number of rotatable bonds is 3. The fourth-order valence-electron chi connectivity index (χ4n) is 1.39. The second kappa shape index (κ2) is 3.52. The van der Waals surface area contributed by atoms with Gasteiger partial charge < -0.3 is 9.72 Å². The Balaban J connectivity index is 2.37. The zero-order valence-corrected chi connectivity index (χ0v) is 7.71. The molecule has 0 bridgehead atoms. The van der Waals surface area contributed by atoms with Gasteiger partial charge in [0.25, 0.3) is 0 Å². The number of hydrogen-bond acceptors (Lipinski definition) is 1. The number of fused-ring (bicyclic) bond motifs is 1. The topological polar surface area (TPSA) is 25.0 Å². The van der Waals surface area contributed by atoms with E-state index >= 15 is 0 Å². The molecule has 0 unspecified atom stereocenters. The predicted octanol–water partition coefficient (Wildman–Crippen LogP) is 2.96. The summed E-state index contributed by atoms with van der Waals surface area (Å²) in [5, 5.41) is 1.20. The molecule has 0 saturated heterocycles. The molecule has 1 N–H and O–H groups in total. The van der Waals surface area contributed by atoms with Gasteiger partial charge in [-0.2, -0.15) is 0 Å². The van der Waals surface area contributed by atoms with Crippen molar-refractivity contribution in [2.45, 2.75) is 13.3 Å². The molecule has 2 heteroatoms. The van der Waals surface area contributed by atoms with Crippen molar-refractivity contribution in [3.63, 3.8) is 0 Å². The molecule has 0 radical (unpaired) electrons. The van der Waals surface area contributed by atoms with Crippen LogP contribution in [0.15, 0.2) is 30.5 Å². The number of hydrogen-bond donors (Lipinski definition) is 1. The summed E-state index contributed by atoms with van der Waals surface area (Å²) in [6, 6.07) is 8.13. The molecule has 2 rings (SSSR count). The minimum absolute atomic E-state index is 0.776. The third kappa shape index (κ3) is 1.52. The zero-order valence-electron chi connectivity index (χ0n) is 7.71. The van der Waals surface area contributed by atoms with E-state index in [2.05, 4.69) is 18.0 Å². The lowest BCUT2D eigenvalue weighted by Crippen LogP contribution is -1.95. The molecule has 2 nitrogen and oxygen atoms in total. The van der Waals surface area contributed by atoms with E-state index in [1.807, 2.05) is 24.4 Å². The lowest BCUT2D eigenvalue weighted by Gasteiger charge is -2.04. The fraction of sp³-hybridized carbons (Fsp3) is 0.273. The summed E-state index contributed by atoms with van der Waals surface area (Å²) in [5.41, 5.74) is 1.09. The normalized spacial score (nSPS) is 10.5. The smallest absolute Gasteiger partial charge is 0.143 e. The summed E-state index contributed by atoms with van der Waals surface area (Å²) < 4.78 is 5.60. The zero-order chi connectivity index (χ0) is 9.10. The van der Waals surface area contributed by atoms with Gasteiger partial charge in [0.05, 0.1) is 12.1 Å². The van der Waals surface area contributed by atoms with E-state index in [4.69, 9.17) is 4.74 Å². The van der Waals surface area contributed by atoms with Crippen molar-refractivity contribution in [1.82, 2.24) is 4.98 Å². The highest BCUT2D eigenvalue weighted by molar-refractivity contribution is 5.84. The van der Waals surface area contributed by atoms with Gasteiger partial charge in [0.2, 0.25) is 0 Å². The molecular weight excluding hydrogens is 162 g/mol. The summed E-state index contributed by atoms with van der Waals surface area (Å²) in [7, 11) is 0. The Hall–Kier alpha value is -1.44. The van der Waals surface area contributed by atoms with Crippen LogP contribution in [-0.4, -0.2) is 11.6 Å². The quantitative estimate of drug-likeness (QED) is 0.762. The van der Waals surface area contributed by atoms with Gasteiger partial charge in [0.1, 0.15) is 5.75 Å². The van der Waals surface area contributed by atoms with Crippen LogP contribution >= 0.6 is 0 Å². The van der Waals surface area contributed by atoms with Crippen molar-refractivity contribution < 1.29 is 4.74 Å². The molecule has 0 spiro atoms. The van der Waals surface area contributed by atoms with E-state index in [1.165, 1.54) is 5.39 Å². The molecule has 68 valence electrons. The van der Waals surface area contributed by atoms with Crippen LogP contribution in [0.5, 0.6) is 5.75 Å². The molecule has 0 atom stereocenters. The van der Waals surface area contributed by atoms with Crippen LogP contribution < -0.4 is 4.74 Å². The number of H-pyrrole nitrogens is 1. The Bertz CT molecular complexity index is 392. The summed E-state index contributed by atoms with van der Waals surface area (Å²) in [6.07, 6.45) is 2.97. The molecule has 13 heavy (non-hydrogen) atoms. The lowest BCUT2D eigenvalue weighted by molar-refractivity contribution is 0.320. The van der Waals surface area contributed by atoms with Crippen molar-refractivity contribution in [1.29, 1.82) is 0 Å². The number of para-hydroxylation sites is 1. The van der Waals surface area contributed by atoms with Crippen LogP contribution in [0.3, 0.4) is 0 Å². The number of ether oxygens (including phenoxy) is 1. The first-order valence-electron chi connectivity index (χ1n) is 4.60. The Morgan fingerprint density at radius 3 is 3.08 bits per heavy atom. The SMILES string of the molecule is CCCOc1cccc2cc[nH]c12. The van der Waals surface area contributed by atoms with Gasteiger partial charge in [-0.1, -0.05) is 19.1 Å². The fourth-order valence-corrected chi connectivity index (χ4v) is 1.39. The van der Waals surface area contributed by atoms with Crippen molar-refractivity contribution in [2.24, 2.45) is 0 Å². The van der Waals surface area contributed by atoms with Gasteiger partial charge in [-0.25, -0.2) is 0 Å². The lowest BCUT2D eigenvalue weighted by atomic mass is 10.2. The van der Waals surface area contributed by atoms with Crippen LogP contribution in [0.4, 0.5) is 0 Å². The molecule has 1 heterocycles. The van der Waals surface area contributed by atoms with Crippen LogP contribution in [0.1, 0.15) is 13.3 Å². The van der Waals surface area contributed by atoms with Crippen LogP contribution in [0, 0.1) is 0 Å². The van der Waals surface area contributed by atoms with E-state index in [9.17, 15) is 0 Å². The first-order valence-corrected chi connectivity index (χ1v) is 4.60. The number of nitrogens with one attached hydrogen (secondary N) is 1. The van der Waals surface area contributed by atoms with Gasteiger partial charge in [-0.15, -0.1) is 0 Å². The summed E-state index contributed by atoms with van der Waals surface area (Å²) in [4.78, 5) is 3.17. The maximum Gasteiger partial charge on any atom is 0.143 e. The van der Waals surface area contributed by atoms with Gasteiger partial charge in [0.15, 0.2) is 0 Å². The summed E-state index contributed by atoms with van der Waals surface area (Å²) >= 11 is 0. The number of benzene rings is 1. The van der Waals surface area contributed by atoms with Crippen LogP contribution in [0.25, 0.3) is 10.9 Å². The monoisotopic (exact) mass is 175 g/mol. The van der Waals surface area contributed by atoms with E-state index < -0.39 is 0 Å². The van der Waals surface area contributed by atoms with Gasteiger partial charge in [0, 0.05) is 11.6 Å². The number of aromatic nitrogens is 1. The molecule has 0 saturated carbocycles. The maximum atomic E-state index is 5.60. The molecule has 0 fully saturated rings. The van der Waals surface area contributed by atoms with Crippen LogP contribution in [-0.2, 0) is 0 Å². The highest BCUT2D eigenvalue weighted by atomic mass is 16.5. The first-order chi connectivity index (χ1) is 6.42. The standard InChI is InChI=1S/C11H13NO/c1-2-8-13-10-5-3-4-9-6-7-12-11(9)10/h3-7,12H,2,8H2,1H3. The van der Waals surface area contributed by atoms with E-state index in [0.29, 0.717) is 0 Å². The molecular formula is C11H13NO. The summed E-state index contributed by atoms with van der Waals surface area (Å²) in [6.45, 7) is 2.88. The minimum Gasteiger partial charge on any atom is -0.491 e. The molecule has 1 aromatic heterocycles. The second-order valence-electron chi connectivity index (χ2n) is 3.05. The van der Waals surface area contributed by atoms with Gasteiger partial charge in [-0.05, 0) is 18.6 Å². The highest BCUT2D eigenvalue weighted by Crippen LogP contribution is 2.23. The van der Waals surface area contributed by atoms with E-state index in [1.54, 1.807) is 0 Å². The summed E-state index contributed by atoms with van der Waals surface area (Å²) in [5.74, 6) is 0.948. The Labute approximate surface area is 77.5 Å². The Morgan fingerprint density at radius 1 is 1.31 bits per heavy atom. The average molecular weight is 175 g/mol. The second-order valence-corrected chi connectivity index (χ2v) is 3.05. The Morgan fingerprint density at radius 2 is 2.23 bits per heavy atom. The van der Waals surface area contributed by atoms with Gasteiger partial charge >= 0.3 is 0 Å². The molecule has 0 aliphatic rings. The van der Waals surface area contributed by atoms with E-state index in [0.717, 1.165) is 24.3 Å². The van der Waals surface area contributed by atoms with Crippen molar-refractivity contribution in [3.05, 3.63) is 30.5 Å². The molecule has 0 amide bonds. The minimum atomic E-state index is 0.776. The third-order valence-electron chi connectivity index (χ3n) is 2.01. The highest BCUT2D eigenvalue weighted by Gasteiger charge is 2.00. The molecule has 1 aromatic carbocycles. The average Bonchev–Trinajstić information content (AvgIpc) is 2.62. The van der Waals surface area contributed by atoms with Crippen molar-refractivity contribution >= 4 is 10.9 Å². The van der Waals surface area contributed by atoms with E-state index in [-0.39, 0.29) is 0 Å².